The van der Waals surface area contributed by atoms with Crippen molar-refractivity contribution < 1.29 is 23.9 Å². The van der Waals surface area contributed by atoms with Crippen LogP contribution < -0.4 is 0 Å². The smallest absolute Gasteiger partial charge is 0.307 e. The summed E-state index contributed by atoms with van der Waals surface area (Å²) in [5.74, 6) is -0.798. The molecule has 0 aliphatic rings. The van der Waals surface area contributed by atoms with Crippen molar-refractivity contribution in [1.29, 1.82) is 0 Å². The van der Waals surface area contributed by atoms with E-state index in [9.17, 15) is 14.4 Å². The van der Waals surface area contributed by atoms with Gasteiger partial charge in [-0.25, -0.2) is 0 Å². The van der Waals surface area contributed by atoms with E-state index in [1.54, 1.807) is 0 Å². The molecule has 1 aromatic rings. The van der Waals surface area contributed by atoms with Crippen LogP contribution in [-0.4, -0.2) is 61.5 Å². The minimum absolute atomic E-state index is 0.103. The van der Waals surface area contributed by atoms with Crippen LogP contribution in [0, 0.1) is 0 Å². The highest BCUT2D eigenvalue weighted by atomic mass is 16.5. The largest absolute Gasteiger partial charge is 0.469 e. The van der Waals surface area contributed by atoms with Crippen LogP contribution in [0.15, 0.2) is 12.3 Å². The normalized spacial score (nSPS) is 10.2. The molecule has 116 valence electrons. The van der Waals surface area contributed by atoms with Crippen molar-refractivity contribution in [3.05, 3.63) is 23.5 Å². The van der Waals surface area contributed by atoms with Gasteiger partial charge in [0.15, 0.2) is 5.78 Å². The van der Waals surface area contributed by atoms with Crippen LogP contribution in [-0.2, 0) is 14.3 Å². The Morgan fingerprint density at radius 1 is 1.24 bits per heavy atom. The Bertz CT molecular complexity index is 509. The molecular weight excluding hydrogens is 276 g/mol. The van der Waals surface area contributed by atoms with E-state index < -0.39 is 0 Å². The summed E-state index contributed by atoms with van der Waals surface area (Å²) in [7, 11) is 2.83. The molecule has 1 heterocycles. The number of carbonyl (C=O) groups is 3. The highest BCUT2D eigenvalue weighted by molar-refractivity contribution is 5.99. The van der Waals surface area contributed by atoms with Crippen molar-refractivity contribution in [2.75, 3.05) is 33.9 Å². The third-order valence-electron chi connectivity index (χ3n) is 2.99. The SMILES string of the molecule is COCCN(CCC(=O)OC)C(=O)c1cc(C(C)=O)c[nH]1. The number of nitrogens with zero attached hydrogens (tertiary/aromatic N) is 1. The number of carbonyl (C=O) groups excluding carboxylic acids is 3. The number of H-pyrrole nitrogens is 1. The van der Waals surface area contributed by atoms with Crippen LogP contribution in [0.5, 0.6) is 0 Å². The summed E-state index contributed by atoms with van der Waals surface area (Å²) in [6, 6.07) is 1.50. The van der Waals surface area contributed by atoms with Gasteiger partial charge in [0.25, 0.3) is 5.91 Å². The van der Waals surface area contributed by atoms with Gasteiger partial charge in [0, 0.05) is 32.0 Å². The van der Waals surface area contributed by atoms with Gasteiger partial charge in [0.05, 0.1) is 20.1 Å². The summed E-state index contributed by atoms with van der Waals surface area (Å²) in [5, 5.41) is 0. The first-order valence-electron chi connectivity index (χ1n) is 6.54. The molecule has 7 nitrogen and oxygen atoms in total. The van der Waals surface area contributed by atoms with E-state index in [-0.39, 0.29) is 30.6 Å². The van der Waals surface area contributed by atoms with Crippen molar-refractivity contribution in [2.45, 2.75) is 13.3 Å². The van der Waals surface area contributed by atoms with Crippen molar-refractivity contribution in [1.82, 2.24) is 9.88 Å². The zero-order valence-electron chi connectivity index (χ0n) is 12.5. The number of nitrogens with one attached hydrogen (secondary N) is 1. The average Bonchev–Trinajstić information content (AvgIpc) is 2.96. The number of hydrogen-bond acceptors (Lipinski definition) is 5. The van der Waals surface area contributed by atoms with Crippen LogP contribution in [0.25, 0.3) is 0 Å². The van der Waals surface area contributed by atoms with Gasteiger partial charge >= 0.3 is 5.97 Å². The quantitative estimate of drug-likeness (QED) is 0.568. The van der Waals surface area contributed by atoms with E-state index in [4.69, 9.17) is 4.74 Å². The molecule has 0 saturated heterocycles. The molecule has 0 aliphatic carbocycles. The second-order valence-corrected chi connectivity index (χ2v) is 4.47. The lowest BCUT2D eigenvalue weighted by atomic mass is 10.2. The number of aromatic nitrogens is 1. The molecule has 1 N–H and O–H groups in total. The number of rotatable bonds is 8. The van der Waals surface area contributed by atoms with Gasteiger partial charge in [-0.15, -0.1) is 0 Å². The van der Waals surface area contributed by atoms with E-state index in [0.29, 0.717) is 24.4 Å². The zero-order chi connectivity index (χ0) is 15.8. The fraction of sp³-hybridized carbons (Fsp3) is 0.500. The Balaban J connectivity index is 2.77. The predicted molar refractivity (Wildman–Crippen MR) is 75.2 cm³/mol. The molecule has 0 fully saturated rings. The van der Waals surface area contributed by atoms with Crippen LogP contribution >= 0.6 is 0 Å². The van der Waals surface area contributed by atoms with Crippen LogP contribution in [0.1, 0.15) is 34.2 Å². The second-order valence-electron chi connectivity index (χ2n) is 4.47. The molecule has 7 heteroatoms. The van der Waals surface area contributed by atoms with E-state index >= 15 is 0 Å². The van der Waals surface area contributed by atoms with E-state index in [1.165, 1.54) is 38.3 Å². The molecule has 1 aromatic heterocycles. The van der Waals surface area contributed by atoms with Gasteiger partial charge < -0.3 is 19.4 Å². The maximum Gasteiger partial charge on any atom is 0.307 e. The van der Waals surface area contributed by atoms with Crippen molar-refractivity contribution in [3.63, 3.8) is 0 Å². The molecule has 0 unspecified atom stereocenters. The summed E-state index contributed by atoms with van der Waals surface area (Å²) < 4.78 is 9.53. The molecule has 21 heavy (non-hydrogen) atoms. The maximum atomic E-state index is 12.4. The van der Waals surface area contributed by atoms with E-state index in [2.05, 4.69) is 9.72 Å². The van der Waals surface area contributed by atoms with E-state index in [1.807, 2.05) is 0 Å². The zero-order valence-corrected chi connectivity index (χ0v) is 12.5. The first kappa shape index (κ1) is 16.9. The molecule has 1 amide bonds. The highest BCUT2D eigenvalue weighted by Crippen LogP contribution is 2.08. The van der Waals surface area contributed by atoms with Gasteiger partial charge in [-0.05, 0) is 13.0 Å². The van der Waals surface area contributed by atoms with Crippen molar-refractivity contribution in [3.8, 4) is 0 Å². The number of Topliss-reactive ketones (excluding diaryl/α,β-unsaturated/α-hetero) is 1. The average molecular weight is 296 g/mol. The number of amides is 1. The van der Waals surface area contributed by atoms with Gasteiger partial charge in [0.1, 0.15) is 5.69 Å². The number of methoxy groups -OCH3 is 2. The molecular formula is C14H20N2O5. The Morgan fingerprint density at radius 2 is 1.95 bits per heavy atom. The molecule has 1 rings (SSSR count). The topological polar surface area (TPSA) is 88.7 Å². The van der Waals surface area contributed by atoms with Gasteiger partial charge in [-0.2, -0.15) is 0 Å². The maximum absolute atomic E-state index is 12.4. The minimum atomic E-state index is -0.388. The van der Waals surface area contributed by atoms with Gasteiger partial charge in [-0.1, -0.05) is 0 Å². The Kier molecular flexibility index (Phi) is 6.61. The van der Waals surface area contributed by atoms with Crippen molar-refractivity contribution >= 4 is 17.7 Å². The fourth-order valence-corrected chi connectivity index (χ4v) is 1.74. The van der Waals surface area contributed by atoms with Crippen LogP contribution in [0.3, 0.4) is 0 Å². The van der Waals surface area contributed by atoms with Crippen LogP contribution in [0.2, 0.25) is 0 Å². The first-order chi connectivity index (χ1) is 9.99. The minimum Gasteiger partial charge on any atom is -0.469 e. The third kappa shape index (κ3) is 5.03. The van der Waals surface area contributed by atoms with Crippen LogP contribution in [0.4, 0.5) is 0 Å². The van der Waals surface area contributed by atoms with E-state index in [0.717, 1.165) is 0 Å². The third-order valence-corrected chi connectivity index (χ3v) is 2.99. The lowest BCUT2D eigenvalue weighted by Crippen LogP contribution is -2.36. The summed E-state index contributed by atoms with van der Waals surface area (Å²) in [6.07, 6.45) is 1.59. The molecule has 0 saturated carbocycles. The summed E-state index contributed by atoms with van der Waals surface area (Å²) >= 11 is 0. The number of esters is 1. The highest BCUT2D eigenvalue weighted by Gasteiger charge is 2.19. The Morgan fingerprint density at radius 3 is 2.48 bits per heavy atom. The number of aromatic amines is 1. The lowest BCUT2D eigenvalue weighted by molar-refractivity contribution is -0.140. The molecule has 0 spiro atoms. The molecule has 0 aromatic carbocycles. The fourth-order valence-electron chi connectivity index (χ4n) is 1.74. The molecule has 0 bridgehead atoms. The monoisotopic (exact) mass is 296 g/mol. The first-order valence-corrected chi connectivity index (χ1v) is 6.54. The summed E-state index contributed by atoms with van der Waals surface area (Å²) in [5.41, 5.74) is 0.749. The second kappa shape index (κ2) is 8.21. The van der Waals surface area contributed by atoms with Gasteiger partial charge in [-0.3, -0.25) is 14.4 Å². The number of hydrogen-bond donors (Lipinski definition) is 1. The standard InChI is InChI=1S/C14H20N2O5/c1-10(17)11-8-12(15-9-11)14(19)16(6-7-20-2)5-4-13(18)21-3/h8-9,15H,4-7H2,1-3H3. The summed E-state index contributed by atoms with van der Waals surface area (Å²) in [4.78, 5) is 39.1. The molecule has 0 atom stereocenters. The van der Waals surface area contributed by atoms with Crippen molar-refractivity contribution in [2.24, 2.45) is 0 Å². The Labute approximate surface area is 123 Å². The number of ether oxygens (including phenoxy) is 2. The number of ketones is 1. The summed E-state index contributed by atoms with van der Waals surface area (Å²) in [6.45, 7) is 2.36. The van der Waals surface area contributed by atoms with Gasteiger partial charge in [0.2, 0.25) is 0 Å². The molecule has 0 radical (unpaired) electrons. The lowest BCUT2D eigenvalue weighted by Gasteiger charge is -2.21. The predicted octanol–water partition coefficient (Wildman–Crippen LogP) is 0.869. The Hall–Kier alpha value is -2.15. The molecule has 0 aliphatic heterocycles.